The molecule has 282 valence electrons. The number of esters is 1. The van der Waals surface area contributed by atoms with Gasteiger partial charge in [-0.05, 0) is 85.6 Å². The minimum absolute atomic E-state index is 0.0312. The highest BCUT2D eigenvalue weighted by Crippen LogP contribution is 2.36. The number of methoxy groups -OCH3 is 3. The van der Waals surface area contributed by atoms with Crippen LogP contribution in [0, 0.1) is 6.92 Å². The van der Waals surface area contributed by atoms with Crippen molar-refractivity contribution in [3.63, 3.8) is 0 Å². The van der Waals surface area contributed by atoms with E-state index in [1.807, 2.05) is 6.07 Å². The van der Waals surface area contributed by atoms with Crippen LogP contribution < -0.4 is 30.7 Å². The molecule has 4 N–H and O–H groups in total. The van der Waals surface area contributed by atoms with E-state index in [1.54, 1.807) is 111 Å². The molecule has 0 fully saturated rings. The fourth-order valence-electron chi connectivity index (χ4n) is 5.24. The second-order valence-electron chi connectivity index (χ2n) is 11.8. The van der Waals surface area contributed by atoms with E-state index in [4.69, 9.17) is 14.2 Å². The van der Waals surface area contributed by atoms with Gasteiger partial charge in [-0.25, -0.2) is 4.79 Å². The highest BCUT2D eigenvalue weighted by Gasteiger charge is 2.28. The maximum atomic E-state index is 13.7. The van der Waals surface area contributed by atoms with E-state index < -0.39 is 34.8 Å². The first-order chi connectivity index (χ1) is 26.5. The molecule has 1 unspecified atom stereocenters. The molecule has 1 heterocycles. The molecule has 0 saturated carbocycles. The first-order valence-corrected chi connectivity index (χ1v) is 18.5. The summed E-state index contributed by atoms with van der Waals surface area (Å²) >= 11 is 2.19. The molecule has 5 aromatic rings. The topological polar surface area (TPSA) is 161 Å². The Morgan fingerprint density at radius 1 is 0.727 bits per heavy atom. The van der Waals surface area contributed by atoms with Gasteiger partial charge >= 0.3 is 5.97 Å². The van der Waals surface area contributed by atoms with E-state index in [0.29, 0.717) is 44.5 Å². The average molecular weight is 779 g/mol. The summed E-state index contributed by atoms with van der Waals surface area (Å²) in [7, 11) is 4.24. The van der Waals surface area contributed by atoms with Crippen LogP contribution in [-0.4, -0.2) is 56.2 Å². The minimum Gasteiger partial charge on any atom is -0.493 e. The van der Waals surface area contributed by atoms with Gasteiger partial charge in [0, 0.05) is 21.8 Å². The summed E-state index contributed by atoms with van der Waals surface area (Å²) in [5.74, 6) is -1.67. The van der Waals surface area contributed by atoms with E-state index in [1.165, 1.54) is 39.2 Å². The zero-order valence-electron chi connectivity index (χ0n) is 30.6. The number of amides is 4. The number of anilines is 3. The number of para-hydroxylation sites is 1. The van der Waals surface area contributed by atoms with E-state index >= 15 is 0 Å². The molecule has 0 aliphatic rings. The van der Waals surface area contributed by atoms with Crippen LogP contribution in [0.2, 0.25) is 0 Å². The SMILES string of the molecule is COC(=O)c1c(NC(=O)C(C)Sc2cccc(NC(=O)/C(=C\c3ccc(OC)c(OC)c3)NC(=O)c3ccccc3)c2)sc(C(=O)Nc2ccccc2)c1C. The zero-order chi connectivity index (χ0) is 39.5. The van der Waals surface area contributed by atoms with E-state index in [9.17, 15) is 24.0 Å². The predicted octanol–water partition coefficient (Wildman–Crippen LogP) is 7.64. The number of carbonyl (C=O) groups is 5. The van der Waals surface area contributed by atoms with Crippen molar-refractivity contribution >= 4 is 75.1 Å². The van der Waals surface area contributed by atoms with Gasteiger partial charge < -0.3 is 35.5 Å². The smallest absolute Gasteiger partial charge is 0.341 e. The van der Waals surface area contributed by atoms with Gasteiger partial charge in [0.2, 0.25) is 5.91 Å². The van der Waals surface area contributed by atoms with Gasteiger partial charge in [-0.3, -0.25) is 19.2 Å². The molecule has 0 aliphatic heterocycles. The molecule has 1 aromatic heterocycles. The third-order valence-corrected chi connectivity index (χ3v) is 10.3. The number of rotatable bonds is 14. The molecule has 0 aliphatic carbocycles. The van der Waals surface area contributed by atoms with Crippen molar-refractivity contribution in [3.05, 3.63) is 136 Å². The van der Waals surface area contributed by atoms with Gasteiger partial charge in [-0.1, -0.05) is 48.5 Å². The maximum absolute atomic E-state index is 13.7. The first kappa shape index (κ1) is 39.8. The molecule has 5 rings (SSSR count). The van der Waals surface area contributed by atoms with Crippen molar-refractivity contribution in [3.8, 4) is 11.5 Å². The van der Waals surface area contributed by atoms with Gasteiger partial charge in [-0.2, -0.15) is 0 Å². The monoisotopic (exact) mass is 778 g/mol. The van der Waals surface area contributed by atoms with Crippen molar-refractivity contribution < 1.29 is 38.2 Å². The summed E-state index contributed by atoms with van der Waals surface area (Å²) in [6.07, 6.45) is 1.52. The summed E-state index contributed by atoms with van der Waals surface area (Å²) in [6.45, 7) is 3.31. The average Bonchev–Trinajstić information content (AvgIpc) is 3.52. The van der Waals surface area contributed by atoms with Gasteiger partial charge in [-0.15, -0.1) is 23.1 Å². The number of thiophene rings is 1. The van der Waals surface area contributed by atoms with Crippen LogP contribution in [-0.2, 0) is 14.3 Å². The van der Waals surface area contributed by atoms with Crippen LogP contribution in [0.15, 0.2) is 114 Å². The number of hydrogen-bond acceptors (Lipinski definition) is 10. The van der Waals surface area contributed by atoms with Crippen LogP contribution in [0.4, 0.5) is 16.4 Å². The Hall–Kier alpha value is -6.38. The molecule has 1 atom stereocenters. The Labute approximate surface area is 326 Å². The number of benzene rings is 4. The molecule has 12 nitrogen and oxygen atoms in total. The maximum Gasteiger partial charge on any atom is 0.341 e. The fourth-order valence-corrected chi connectivity index (χ4v) is 7.26. The largest absolute Gasteiger partial charge is 0.493 e. The standard InChI is InChI=1S/C41H38N4O8S2/c1-24-34(41(50)53-5)40(55-35(24)39(49)42-28-15-10-7-11-16-28)45-36(46)25(2)54-30-18-12-17-29(23-30)43-38(48)31(44-37(47)27-13-8-6-9-14-27)21-26-19-20-32(51-3)33(22-26)52-4/h6-23,25H,1-5H3,(H,42,49)(H,43,48)(H,44,47)(H,45,46)/b31-21+. The molecule has 4 amide bonds. The number of hydrogen-bond donors (Lipinski definition) is 4. The van der Waals surface area contributed by atoms with Crippen molar-refractivity contribution in [1.82, 2.24) is 5.32 Å². The normalized spacial score (nSPS) is 11.5. The third kappa shape index (κ3) is 10.2. The van der Waals surface area contributed by atoms with Gasteiger partial charge in [0.1, 0.15) is 10.7 Å². The lowest BCUT2D eigenvalue weighted by atomic mass is 10.1. The molecule has 4 aromatic carbocycles. The zero-order valence-corrected chi connectivity index (χ0v) is 32.2. The van der Waals surface area contributed by atoms with Crippen LogP contribution in [0.1, 0.15) is 48.4 Å². The quantitative estimate of drug-likeness (QED) is 0.0505. The Bertz CT molecular complexity index is 2240. The Morgan fingerprint density at radius 2 is 1.40 bits per heavy atom. The van der Waals surface area contributed by atoms with Crippen molar-refractivity contribution in [2.75, 3.05) is 37.3 Å². The van der Waals surface area contributed by atoms with Crippen LogP contribution >= 0.6 is 23.1 Å². The van der Waals surface area contributed by atoms with Gasteiger partial charge in [0.15, 0.2) is 11.5 Å². The Balaban J connectivity index is 1.32. The summed E-state index contributed by atoms with van der Waals surface area (Å²) in [4.78, 5) is 67.2. The minimum atomic E-state index is -0.689. The fraction of sp³-hybridized carbons (Fsp3) is 0.146. The molecule has 0 radical (unpaired) electrons. The summed E-state index contributed by atoms with van der Waals surface area (Å²) < 4.78 is 15.7. The molecular formula is C41H38N4O8S2. The molecule has 14 heteroatoms. The molecule has 55 heavy (non-hydrogen) atoms. The van der Waals surface area contributed by atoms with Crippen LogP contribution in [0.25, 0.3) is 6.08 Å². The van der Waals surface area contributed by atoms with Crippen molar-refractivity contribution in [1.29, 1.82) is 0 Å². The number of ether oxygens (including phenoxy) is 3. The lowest BCUT2D eigenvalue weighted by molar-refractivity contribution is -0.115. The van der Waals surface area contributed by atoms with Crippen molar-refractivity contribution in [2.45, 2.75) is 24.0 Å². The van der Waals surface area contributed by atoms with E-state index in [2.05, 4.69) is 21.3 Å². The molecule has 0 spiro atoms. The Kier molecular flexibility index (Phi) is 13.5. The Morgan fingerprint density at radius 3 is 2.07 bits per heavy atom. The highest BCUT2D eigenvalue weighted by atomic mass is 32.2. The van der Waals surface area contributed by atoms with Crippen LogP contribution in [0.3, 0.4) is 0 Å². The molecular weight excluding hydrogens is 741 g/mol. The van der Waals surface area contributed by atoms with Crippen molar-refractivity contribution in [2.24, 2.45) is 0 Å². The predicted molar refractivity (Wildman–Crippen MR) is 215 cm³/mol. The summed E-state index contributed by atoms with van der Waals surface area (Å²) in [6, 6.07) is 29.3. The van der Waals surface area contributed by atoms with Gasteiger partial charge in [0.25, 0.3) is 17.7 Å². The van der Waals surface area contributed by atoms with E-state index in [-0.39, 0.29) is 21.1 Å². The number of nitrogens with one attached hydrogen (secondary N) is 4. The second-order valence-corrected chi connectivity index (χ2v) is 14.2. The van der Waals surface area contributed by atoms with Gasteiger partial charge in [0.05, 0.1) is 37.0 Å². The third-order valence-electron chi connectivity index (χ3n) is 8.03. The van der Waals surface area contributed by atoms with E-state index in [0.717, 1.165) is 11.3 Å². The molecule has 0 bridgehead atoms. The summed E-state index contributed by atoms with van der Waals surface area (Å²) in [5, 5.41) is 10.7. The first-order valence-electron chi connectivity index (χ1n) is 16.8. The number of thioether (sulfide) groups is 1. The molecule has 0 saturated heterocycles. The summed E-state index contributed by atoms with van der Waals surface area (Å²) in [5.41, 5.74) is 2.36. The second kappa shape index (κ2) is 18.6. The van der Waals surface area contributed by atoms with Crippen LogP contribution in [0.5, 0.6) is 11.5 Å². The highest BCUT2D eigenvalue weighted by molar-refractivity contribution is 8.00. The number of carbonyl (C=O) groups excluding carboxylic acids is 5. The lowest BCUT2D eigenvalue weighted by Gasteiger charge is -2.14. The lowest BCUT2D eigenvalue weighted by Crippen LogP contribution is -2.30.